The second kappa shape index (κ2) is 3.04. The fraction of sp³-hybridized carbons (Fsp3) is 0.333. The molecule has 14 heavy (non-hydrogen) atoms. The number of fused-ring (bicyclic) bond motifs is 1. The van der Waals surface area contributed by atoms with Crippen molar-refractivity contribution in [3.63, 3.8) is 0 Å². The van der Waals surface area contributed by atoms with Crippen LogP contribution in [0.25, 0.3) is 5.65 Å². The summed E-state index contributed by atoms with van der Waals surface area (Å²) >= 11 is 0. The molecule has 0 aliphatic heterocycles. The number of rotatable bonds is 1. The van der Waals surface area contributed by atoms with Gasteiger partial charge in [-0.3, -0.25) is 0 Å². The number of aryl methyl sites for hydroxylation is 2. The summed E-state index contributed by atoms with van der Waals surface area (Å²) in [5, 5.41) is 13.4. The van der Waals surface area contributed by atoms with Gasteiger partial charge in [0.2, 0.25) is 0 Å². The minimum absolute atomic E-state index is 0.553. The SMILES string of the molecule is Cc1cc(C)n2ncc(C(N)O)c2n1. The molecule has 0 aliphatic rings. The van der Waals surface area contributed by atoms with E-state index >= 15 is 0 Å². The van der Waals surface area contributed by atoms with Gasteiger partial charge in [-0.2, -0.15) is 5.10 Å². The van der Waals surface area contributed by atoms with Crippen LogP contribution in [0.1, 0.15) is 23.2 Å². The lowest BCUT2D eigenvalue weighted by Gasteiger charge is -2.03. The normalized spacial score (nSPS) is 13.4. The van der Waals surface area contributed by atoms with Crippen molar-refractivity contribution < 1.29 is 5.11 Å². The second-order valence-electron chi connectivity index (χ2n) is 3.32. The summed E-state index contributed by atoms with van der Waals surface area (Å²) < 4.78 is 1.67. The molecule has 1 atom stereocenters. The first-order chi connectivity index (χ1) is 6.59. The second-order valence-corrected chi connectivity index (χ2v) is 3.32. The van der Waals surface area contributed by atoms with Crippen molar-refractivity contribution in [2.45, 2.75) is 20.1 Å². The molecule has 2 aromatic rings. The van der Waals surface area contributed by atoms with Crippen molar-refractivity contribution in [3.8, 4) is 0 Å². The van der Waals surface area contributed by atoms with Crippen LogP contribution in [0, 0.1) is 13.8 Å². The average molecular weight is 192 g/mol. The molecule has 0 fully saturated rings. The van der Waals surface area contributed by atoms with E-state index in [0.717, 1.165) is 11.4 Å². The van der Waals surface area contributed by atoms with Gasteiger partial charge in [-0.1, -0.05) is 0 Å². The third kappa shape index (κ3) is 1.26. The standard InChI is InChI=1S/C9H12N4O/c1-5-3-6(2)13-9(12-5)7(4-11-13)8(10)14/h3-4,8,14H,10H2,1-2H3. The molecule has 3 N–H and O–H groups in total. The number of hydrogen-bond acceptors (Lipinski definition) is 4. The van der Waals surface area contributed by atoms with Crippen LogP contribution in [0.5, 0.6) is 0 Å². The number of aliphatic hydroxyl groups excluding tert-OH is 1. The highest BCUT2D eigenvalue weighted by molar-refractivity contribution is 5.48. The molecule has 0 radical (unpaired) electrons. The van der Waals surface area contributed by atoms with E-state index in [4.69, 9.17) is 5.73 Å². The Morgan fingerprint density at radius 2 is 2.21 bits per heavy atom. The molecule has 74 valence electrons. The first-order valence-electron chi connectivity index (χ1n) is 4.35. The van der Waals surface area contributed by atoms with Crippen LogP contribution in [0.3, 0.4) is 0 Å². The van der Waals surface area contributed by atoms with Gasteiger partial charge in [0.15, 0.2) is 5.65 Å². The Morgan fingerprint density at radius 3 is 2.86 bits per heavy atom. The predicted molar refractivity (Wildman–Crippen MR) is 51.6 cm³/mol. The smallest absolute Gasteiger partial charge is 0.162 e. The van der Waals surface area contributed by atoms with E-state index < -0.39 is 6.23 Å². The molecule has 0 saturated heterocycles. The number of nitrogens with zero attached hydrogens (tertiary/aromatic N) is 3. The number of aliphatic hydroxyl groups is 1. The minimum Gasteiger partial charge on any atom is -0.374 e. The zero-order valence-corrected chi connectivity index (χ0v) is 8.10. The Balaban J connectivity index is 2.78. The third-order valence-electron chi connectivity index (χ3n) is 2.12. The Hall–Kier alpha value is -1.46. The van der Waals surface area contributed by atoms with E-state index in [-0.39, 0.29) is 0 Å². The van der Waals surface area contributed by atoms with Gasteiger partial charge in [0, 0.05) is 11.4 Å². The maximum atomic E-state index is 9.28. The molecule has 5 heteroatoms. The molecule has 0 amide bonds. The van der Waals surface area contributed by atoms with Gasteiger partial charge < -0.3 is 10.8 Å². The van der Waals surface area contributed by atoms with Crippen LogP contribution < -0.4 is 5.73 Å². The Kier molecular flexibility index (Phi) is 1.98. The summed E-state index contributed by atoms with van der Waals surface area (Å²) in [4.78, 5) is 4.28. The van der Waals surface area contributed by atoms with Crippen LogP contribution >= 0.6 is 0 Å². The number of nitrogens with two attached hydrogens (primary N) is 1. The quantitative estimate of drug-likeness (QED) is 0.637. The largest absolute Gasteiger partial charge is 0.374 e. The summed E-state index contributed by atoms with van der Waals surface area (Å²) in [6, 6.07) is 1.92. The molecule has 0 aliphatic carbocycles. The third-order valence-corrected chi connectivity index (χ3v) is 2.12. The fourth-order valence-electron chi connectivity index (χ4n) is 1.50. The van der Waals surface area contributed by atoms with Gasteiger partial charge in [0.1, 0.15) is 6.23 Å². The molecule has 0 saturated carbocycles. The molecule has 2 heterocycles. The molecule has 2 aromatic heterocycles. The van der Waals surface area contributed by atoms with E-state index in [1.54, 1.807) is 10.7 Å². The zero-order chi connectivity index (χ0) is 10.3. The molecule has 5 nitrogen and oxygen atoms in total. The van der Waals surface area contributed by atoms with E-state index in [0.29, 0.717) is 11.2 Å². The zero-order valence-electron chi connectivity index (χ0n) is 8.10. The average Bonchev–Trinajstić information content (AvgIpc) is 2.47. The first-order valence-corrected chi connectivity index (χ1v) is 4.35. The summed E-state index contributed by atoms with van der Waals surface area (Å²) in [7, 11) is 0. The summed E-state index contributed by atoms with van der Waals surface area (Å²) in [5.74, 6) is 0. The lowest BCUT2D eigenvalue weighted by atomic mass is 10.3. The lowest BCUT2D eigenvalue weighted by Crippen LogP contribution is -2.09. The van der Waals surface area contributed by atoms with Crippen molar-refractivity contribution in [2.75, 3.05) is 0 Å². The summed E-state index contributed by atoms with van der Waals surface area (Å²) in [6.45, 7) is 3.83. The minimum atomic E-state index is -1.03. The van der Waals surface area contributed by atoms with Crippen molar-refractivity contribution >= 4 is 5.65 Å². The highest BCUT2D eigenvalue weighted by atomic mass is 16.3. The van der Waals surface area contributed by atoms with Crippen molar-refractivity contribution in [2.24, 2.45) is 5.73 Å². The fourth-order valence-corrected chi connectivity index (χ4v) is 1.50. The first kappa shape index (κ1) is 9.11. The lowest BCUT2D eigenvalue weighted by molar-refractivity contribution is 0.187. The molecule has 0 bridgehead atoms. The highest BCUT2D eigenvalue weighted by Gasteiger charge is 2.11. The number of aromatic nitrogens is 3. The van der Waals surface area contributed by atoms with E-state index in [1.807, 2.05) is 19.9 Å². The van der Waals surface area contributed by atoms with Gasteiger partial charge in [0.25, 0.3) is 0 Å². The molecular weight excluding hydrogens is 180 g/mol. The molecule has 0 spiro atoms. The van der Waals surface area contributed by atoms with Crippen LogP contribution in [0.2, 0.25) is 0 Å². The summed E-state index contributed by atoms with van der Waals surface area (Å²) in [6.07, 6.45) is 0.514. The van der Waals surface area contributed by atoms with Crippen molar-refractivity contribution in [1.82, 2.24) is 14.6 Å². The molecule has 1 unspecified atom stereocenters. The van der Waals surface area contributed by atoms with Crippen LogP contribution in [0.15, 0.2) is 12.3 Å². The van der Waals surface area contributed by atoms with Gasteiger partial charge >= 0.3 is 0 Å². The summed E-state index contributed by atoms with van der Waals surface area (Å²) in [5.41, 5.74) is 8.42. The van der Waals surface area contributed by atoms with E-state index in [2.05, 4.69) is 10.1 Å². The topological polar surface area (TPSA) is 76.4 Å². The van der Waals surface area contributed by atoms with Gasteiger partial charge in [-0.15, -0.1) is 0 Å². The Bertz CT molecular complexity index is 475. The highest BCUT2D eigenvalue weighted by Crippen LogP contribution is 2.15. The van der Waals surface area contributed by atoms with Gasteiger partial charge in [-0.25, -0.2) is 9.50 Å². The maximum Gasteiger partial charge on any atom is 0.162 e. The van der Waals surface area contributed by atoms with Gasteiger partial charge in [-0.05, 0) is 19.9 Å². The Labute approximate surface area is 81.2 Å². The monoisotopic (exact) mass is 192 g/mol. The Morgan fingerprint density at radius 1 is 1.50 bits per heavy atom. The van der Waals surface area contributed by atoms with Crippen LogP contribution in [-0.4, -0.2) is 19.7 Å². The maximum absolute atomic E-state index is 9.28. The van der Waals surface area contributed by atoms with Crippen LogP contribution in [-0.2, 0) is 0 Å². The molecular formula is C9H12N4O. The van der Waals surface area contributed by atoms with Gasteiger partial charge in [0.05, 0.1) is 11.8 Å². The number of hydrogen-bond donors (Lipinski definition) is 2. The van der Waals surface area contributed by atoms with Crippen LogP contribution in [0.4, 0.5) is 0 Å². The van der Waals surface area contributed by atoms with E-state index in [9.17, 15) is 5.11 Å². The van der Waals surface area contributed by atoms with Crippen molar-refractivity contribution in [3.05, 3.63) is 29.2 Å². The molecule has 0 aromatic carbocycles. The molecule has 2 rings (SSSR count). The van der Waals surface area contributed by atoms with E-state index in [1.165, 1.54) is 0 Å². The van der Waals surface area contributed by atoms with Crippen molar-refractivity contribution in [1.29, 1.82) is 0 Å². The predicted octanol–water partition coefficient (Wildman–Crippen LogP) is 0.296.